The molecule has 0 bridgehead atoms. The van der Waals surface area contributed by atoms with Crippen LogP contribution in [0, 0.1) is 0 Å². The first kappa shape index (κ1) is 8.86. The Hall–Kier alpha value is -1.23. The van der Waals surface area contributed by atoms with Gasteiger partial charge in [0.25, 0.3) is 0 Å². The number of phenolic OH excluding ortho intramolecular Hbond substituents is 1. The van der Waals surface area contributed by atoms with Crippen molar-refractivity contribution in [2.45, 2.75) is 0 Å². The molecule has 64 valence electrons. The molecule has 0 saturated heterocycles. The van der Waals surface area contributed by atoms with Crippen molar-refractivity contribution in [3.8, 4) is 11.5 Å². The van der Waals surface area contributed by atoms with Crippen molar-refractivity contribution in [3.05, 3.63) is 22.2 Å². The van der Waals surface area contributed by atoms with Gasteiger partial charge in [-0.3, -0.25) is 0 Å². The fraction of sp³-hybridized carbons (Fsp3) is 0. The van der Waals surface area contributed by atoms with Crippen molar-refractivity contribution in [1.29, 1.82) is 0 Å². The van der Waals surface area contributed by atoms with E-state index in [2.05, 4.69) is 15.9 Å². The Kier molecular flexibility index (Phi) is 2.23. The molecule has 0 aromatic heterocycles. The maximum Gasteiger partial charge on any atom is 0.335 e. The number of hydrogen-bond acceptors (Lipinski definition) is 3. The molecule has 0 aliphatic carbocycles. The first-order valence-corrected chi connectivity index (χ1v) is 3.74. The molecule has 0 spiro atoms. The average Bonchev–Trinajstić information content (AvgIpc) is 1.99. The van der Waals surface area contributed by atoms with Crippen molar-refractivity contribution in [2.75, 3.05) is 0 Å². The number of carboxylic acids is 1. The highest BCUT2D eigenvalue weighted by Crippen LogP contribution is 2.31. The second-order valence-electron chi connectivity index (χ2n) is 2.11. The van der Waals surface area contributed by atoms with Crippen LogP contribution in [0.5, 0.6) is 11.5 Å². The van der Waals surface area contributed by atoms with Gasteiger partial charge in [-0.25, -0.2) is 4.79 Å². The number of carboxylic acid groups (broad SMARTS) is 1. The minimum absolute atomic E-state index is 0.0416. The smallest absolute Gasteiger partial charge is 0.335 e. The Morgan fingerprint density at radius 1 is 1.50 bits per heavy atom. The molecule has 1 aromatic rings. The minimum atomic E-state index is -1.19. The lowest BCUT2D eigenvalue weighted by Crippen LogP contribution is -1.99. The van der Waals surface area contributed by atoms with E-state index < -0.39 is 17.5 Å². The van der Waals surface area contributed by atoms with Crippen LogP contribution in [-0.2, 0) is 0 Å². The number of carbonyl (C=O) groups is 1. The summed E-state index contributed by atoms with van der Waals surface area (Å²) in [4.78, 5) is 10.4. The van der Waals surface area contributed by atoms with Crippen LogP contribution in [0.3, 0.4) is 0 Å². The second-order valence-corrected chi connectivity index (χ2v) is 2.97. The summed E-state index contributed by atoms with van der Waals surface area (Å²) < 4.78 is 0.0416. The molecule has 2 N–H and O–H groups in total. The van der Waals surface area contributed by atoms with Crippen LogP contribution in [0.2, 0.25) is 0 Å². The van der Waals surface area contributed by atoms with Crippen LogP contribution in [-0.4, -0.2) is 16.2 Å². The van der Waals surface area contributed by atoms with Gasteiger partial charge >= 0.3 is 5.97 Å². The fourth-order valence-electron chi connectivity index (χ4n) is 0.702. The summed E-state index contributed by atoms with van der Waals surface area (Å²) in [5.74, 6) is -2.37. The van der Waals surface area contributed by atoms with E-state index in [0.29, 0.717) is 0 Å². The number of phenols is 1. The summed E-state index contributed by atoms with van der Waals surface area (Å²) >= 11 is 2.83. The zero-order chi connectivity index (χ0) is 9.30. The van der Waals surface area contributed by atoms with Crippen LogP contribution in [0.4, 0.5) is 0 Å². The van der Waals surface area contributed by atoms with Gasteiger partial charge < -0.3 is 15.3 Å². The van der Waals surface area contributed by atoms with Gasteiger partial charge in [0.05, 0.1) is 5.56 Å². The summed E-state index contributed by atoms with van der Waals surface area (Å²) in [5.41, 5.74) is -0.126. The standard InChI is InChI=1S/C7H5BrO4/c8-4-1-3(7(11)12)2-5(9)6(4)10/h1-2,9-10H,(H,11,12)/p-1. The number of rotatable bonds is 1. The molecule has 12 heavy (non-hydrogen) atoms. The summed E-state index contributed by atoms with van der Waals surface area (Å²) in [6, 6.07) is 2.06. The Balaban J connectivity index is 3.31. The van der Waals surface area contributed by atoms with Crippen molar-refractivity contribution in [3.63, 3.8) is 0 Å². The highest BCUT2D eigenvalue weighted by atomic mass is 79.9. The number of aromatic hydroxyl groups is 1. The summed E-state index contributed by atoms with van der Waals surface area (Å²) in [6.45, 7) is 0. The lowest BCUT2D eigenvalue weighted by molar-refractivity contribution is -0.271. The first-order chi connectivity index (χ1) is 5.52. The number of aromatic carboxylic acids is 1. The molecule has 4 nitrogen and oxygen atoms in total. The molecule has 5 heteroatoms. The van der Waals surface area contributed by atoms with Crippen molar-refractivity contribution >= 4 is 21.9 Å². The van der Waals surface area contributed by atoms with Crippen LogP contribution in [0.15, 0.2) is 16.6 Å². The minimum Gasteiger partial charge on any atom is -0.869 e. The predicted octanol–water partition coefficient (Wildman–Crippen LogP) is 0.926. The molecule has 0 radical (unpaired) electrons. The van der Waals surface area contributed by atoms with Crippen LogP contribution in [0.1, 0.15) is 10.4 Å². The molecule has 0 fully saturated rings. The third-order valence-corrected chi connectivity index (χ3v) is 1.86. The summed E-state index contributed by atoms with van der Waals surface area (Å²) in [6.07, 6.45) is 0. The van der Waals surface area contributed by atoms with Crippen molar-refractivity contribution < 1.29 is 20.1 Å². The number of halogens is 1. The summed E-state index contributed by atoms with van der Waals surface area (Å²) in [5, 5.41) is 28.3. The molecule has 0 saturated carbocycles. The highest BCUT2D eigenvalue weighted by molar-refractivity contribution is 9.10. The Bertz CT molecular complexity index is 311. The van der Waals surface area contributed by atoms with Crippen LogP contribution in [0.25, 0.3) is 0 Å². The monoisotopic (exact) mass is 231 g/mol. The van der Waals surface area contributed by atoms with Crippen LogP contribution < -0.4 is 5.11 Å². The van der Waals surface area contributed by atoms with Gasteiger partial charge in [0.1, 0.15) is 5.75 Å². The van der Waals surface area contributed by atoms with E-state index in [9.17, 15) is 9.90 Å². The van der Waals surface area contributed by atoms with Gasteiger partial charge in [-0.05, 0) is 12.1 Å². The Labute approximate surface area is 76.2 Å². The van der Waals surface area contributed by atoms with E-state index in [1.165, 1.54) is 0 Å². The molecular formula is C7H4BrO4-. The quantitative estimate of drug-likeness (QED) is 0.754. The SMILES string of the molecule is O=C(O)c1cc(O)c([O-])c(Br)c1. The molecule has 0 heterocycles. The highest BCUT2D eigenvalue weighted by Gasteiger charge is 2.06. The maximum atomic E-state index is 10.9. The lowest BCUT2D eigenvalue weighted by Gasteiger charge is -2.11. The molecule has 0 atom stereocenters. The van der Waals surface area contributed by atoms with E-state index in [1.54, 1.807) is 0 Å². The zero-order valence-corrected chi connectivity index (χ0v) is 7.33. The third kappa shape index (κ3) is 1.50. The lowest BCUT2D eigenvalue weighted by atomic mass is 10.2. The van der Waals surface area contributed by atoms with E-state index >= 15 is 0 Å². The fourth-order valence-corrected chi connectivity index (χ4v) is 1.15. The van der Waals surface area contributed by atoms with E-state index in [0.717, 1.165) is 12.1 Å². The van der Waals surface area contributed by atoms with E-state index in [-0.39, 0.29) is 10.0 Å². The van der Waals surface area contributed by atoms with Gasteiger partial charge in [0, 0.05) is 4.47 Å². The number of hydrogen-bond donors (Lipinski definition) is 2. The van der Waals surface area contributed by atoms with E-state index in [4.69, 9.17) is 10.2 Å². The normalized spacial score (nSPS) is 9.75. The predicted molar refractivity (Wildman–Crippen MR) is 42.2 cm³/mol. The molecule has 0 unspecified atom stereocenters. The van der Waals surface area contributed by atoms with Gasteiger partial charge in [-0.2, -0.15) is 0 Å². The molecule has 1 rings (SSSR count). The van der Waals surface area contributed by atoms with Gasteiger partial charge in [0.2, 0.25) is 0 Å². The van der Waals surface area contributed by atoms with Gasteiger partial charge in [-0.15, -0.1) is 0 Å². The average molecular weight is 232 g/mol. The maximum absolute atomic E-state index is 10.9. The largest absolute Gasteiger partial charge is 0.869 e. The third-order valence-electron chi connectivity index (χ3n) is 1.27. The van der Waals surface area contributed by atoms with Gasteiger partial charge in [-0.1, -0.05) is 21.7 Å². The molecule has 0 aliphatic heterocycles. The molecule has 0 aliphatic rings. The Morgan fingerprint density at radius 2 is 2.08 bits per heavy atom. The van der Waals surface area contributed by atoms with Crippen molar-refractivity contribution in [1.82, 2.24) is 0 Å². The Morgan fingerprint density at radius 3 is 2.50 bits per heavy atom. The molecule has 1 aromatic carbocycles. The summed E-state index contributed by atoms with van der Waals surface area (Å²) in [7, 11) is 0. The first-order valence-electron chi connectivity index (χ1n) is 2.95. The molecular weight excluding hydrogens is 228 g/mol. The number of benzene rings is 1. The second kappa shape index (κ2) is 3.02. The van der Waals surface area contributed by atoms with E-state index in [1.807, 2.05) is 0 Å². The van der Waals surface area contributed by atoms with Gasteiger partial charge in [0.15, 0.2) is 0 Å². The zero-order valence-electron chi connectivity index (χ0n) is 5.74. The molecule has 0 amide bonds. The van der Waals surface area contributed by atoms with Crippen molar-refractivity contribution in [2.24, 2.45) is 0 Å². The topological polar surface area (TPSA) is 80.6 Å². The van der Waals surface area contributed by atoms with Crippen LogP contribution >= 0.6 is 15.9 Å².